The number of anilines is 2. The van der Waals surface area contributed by atoms with Gasteiger partial charge in [-0.2, -0.15) is 0 Å². The number of nitrogens with two attached hydrogens (primary N) is 1. The lowest BCUT2D eigenvalue weighted by Gasteiger charge is -2.31. The number of benzene rings is 2. The third-order valence-electron chi connectivity index (χ3n) is 3.23. The Morgan fingerprint density at radius 3 is 2.74 bits per heavy atom. The predicted molar refractivity (Wildman–Crippen MR) is 81.5 cm³/mol. The second-order valence-corrected chi connectivity index (χ2v) is 5.54. The molecule has 2 aromatic carbocycles. The maximum atomic E-state index is 5.79. The Morgan fingerprint density at radius 1 is 1.16 bits per heavy atom. The first-order chi connectivity index (χ1) is 9.22. The minimum absolute atomic E-state index is 0.701. The monoisotopic (exact) mass is 318 g/mol. The summed E-state index contributed by atoms with van der Waals surface area (Å²) in [6.07, 6.45) is 0. The van der Waals surface area contributed by atoms with Crippen molar-refractivity contribution in [2.75, 3.05) is 23.8 Å². The molecule has 0 fully saturated rings. The fourth-order valence-corrected chi connectivity index (χ4v) is 2.53. The molecule has 1 aliphatic heterocycles. The van der Waals surface area contributed by atoms with Crippen LogP contribution in [0.4, 0.5) is 11.4 Å². The minimum atomic E-state index is 0.701. The van der Waals surface area contributed by atoms with Crippen LogP contribution in [0.5, 0.6) is 5.75 Å². The van der Waals surface area contributed by atoms with Gasteiger partial charge in [0.2, 0.25) is 0 Å². The summed E-state index contributed by atoms with van der Waals surface area (Å²) in [5.74, 6) is 0.878. The molecule has 0 bridgehead atoms. The van der Waals surface area contributed by atoms with E-state index in [0.29, 0.717) is 6.61 Å². The molecule has 4 heteroatoms. The summed E-state index contributed by atoms with van der Waals surface area (Å²) in [6.45, 7) is 2.48. The molecule has 1 aliphatic rings. The van der Waals surface area contributed by atoms with Crippen molar-refractivity contribution in [2.24, 2.45) is 0 Å². The molecule has 0 saturated heterocycles. The number of ether oxygens (including phenoxy) is 1. The van der Waals surface area contributed by atoms with Crippen molar-refractivity contribution in [3.8, 4) is 5.75 Å². The Labute approximate surface area is 121 Å². The van der Waals surface area contributed by atoms with E-state index in [1.165, 1.54) is 5.56 Å². The van der Waals surface area contributed by atoms with Crippen molar-refractivity contribution in [1.82, 2.24) is 0 Å². The number of rotatable bonds is 2. The van der Waals surface area contributed by atoms with Gasteiger partial charge in [0, 0.05) is 22.8 Å². The summed E-state index contributed by atoms with van der Waals surface area (Å²) in [6, 6.07) is 14.3. The largest absolute Gasteiger partial charge is 0.489 e. The van der Waals surface area contributed by atoms with Gasteiger partial charge in [-0.1, -0.05) is 28.1 Å². The van der Waals surface area contributed by atoms with Crippen molar-refractivity contribution in [3.63, 3.8) is 0 Å². The Kier molecular flexibility index (Phi) is 3.34. The second kappa shape index (κ2) is 5.13. The normalized spacial score (nSPS) is 13.8. The van der Waals surface area contributed by atoms with Gasteiger partial charge in [0.15, 0.2) is 0 Å². The molecule has 0 atom stereocenters. The number of halogens is 1. The third kappa shape index (κ3) is 2.68. The molecular formula is C15H15BrN2O. The van der Waals surface area contributed by atoms with E-state index in [0.717, 1.165) is 34.7 Å². The molecule has 0 radical (unpaired) electrons. The van der Waals surface area contributed by atoms with Crippen LogP contribution in [0, 0.1) is 0 Å². The molecule has 0 saturated carbocycles. The smallest absolute Gasteiger partial charge is 0.144 e. The van der Waals surface area contributed by atoms with E-state index < -0.39 is 0 Å². The maximum Gasteiger partial charge on any atom is 0.144 e. The lowest BCUT2D eigenvalue weighted by Crippen LogP contribution is -2.32. The first-order valence-electron chi connectivity index (χ1n) is 6.24. The zero-order chi connectivity index (χ0) is 13.2. The molecule has 2 aromatic rings. The zero-order valence-corrected chi connectivity index (χ0v) is 12.1. The molecule has 0 spiro atoms. The zero-order valence-electron chi connectivity index (χ0n) is 10.5. The summed E-state index contributed by atoms with van der Waals surface area (Å²) >= 11 is 3.46. The van der Waals surface area contributed by atoms with Crippen LogP contribution >= 0.6 is 15.9 Å². The van der Waals surface area contributed by atoms with E-state index in [1.807, 2.05) is 18.2 Å². The van der Waals surface area contributed by atoms with E-state index in [-0.39, 0.29) is 0 Å². The Balaban J connectivity index is 1.85. The summed E-state index contributed by atoms with van der Waals surface area (Å²) in [7, 11) is 0. The van der Waals surface area contributed by atoms with Crippen LogP contribution in [-0.4, -0.2) is 13.2 Å². The average molecular weight is 319 g/mol. The van der Waals surface area contributed by atoms with Gasteiger partial charge in [0.05, 0.1) is 12.2 Å². The molecule has 3 rings (SSSR count). The lowest BCUT2D eigenvalue weighted by atomic mass is 10.1. The summed E-state index contributed by atoms with van der Waals surface area (Å²) < 4.78 is 6.77. The average Bonchev–Trinajstić information content (AvgIpc) is 2.41. The van der Waals surface area contributed by atoms with E-state index in [9.17, 15) is 0 Å². The highest BCUT2D eigenvalue weighted by atomic mass is 79.9. The maximum absolute atomic E-state index is 5.79. The van der Waals surface area contributed by atoms with Crippen molar-refractivity contribution in [3.05, 3.63) is 52.5 Å². The van der Waals surface area contributed by atoms with Gasteiger partial charge in [-0.15, -0.1) is 0 Å². The van der Waals surface area contributed by atoms with Crippen LogP contribution in [0.2, 0.25) is 0 Å². The lowest BCUT2D eigenvalue weighted by molar-refractivity contribution is 0.307. The van der Waals surface area contributed by atoms with Gasteiger partial charge in [0.1, 0.15) is 12.4 Å². The summed E-state index contributed by atoms with van der Waals surface area (Å²) in [5, 5.41) is 0. The molecule has 3 nitrogen and oxygen atoms in total. The molecule has 0 aromatic heterocycles. The number of hydrogen-bond donors (Lipinski definition) is 1. The fourth-order valence-electron chi connectivity index (χ4n) is 2.27. The molecule has 1 heterocycles. The number of fused-ring (bicyclic) bond motifs is 1. The van der Waals surface area contributed by atoms with Crippen LogP contribution in [0.1, 0.15) is 5.56 Å². The van der Waals surface area contributed by atoms with Crippen LogP contribution in [0.15, 0.2) is 46.9 Å². The SMILES string of the molecule is Nc1ccc2c(c1)OCCN2Cc1ccc(Br)cc1. The molecule has 98 valence electrons. The minimum Gasteiger partial charge on any atom is -0.489 e. The third-order valence-corrected chi connectivity index (χ3v) is 3.76. The highest BCUT2D eigenvalue weighted by molar-refractivity contribution is 9.10. The van der Waals surface area contributed by atoms with E-state index in [4.69, 9.17) is 10.5 Å². The fraction of sp³-hybridized carbons (Fsp3) is 0.200. The molecular weight excluding hydrogens is 304 g/mol. The summed E-state index contributed by atoms with van der Waals surface area (Å²) in [4.78, 5) is 2.32. The summed E-state index contributed by atoms with van der Waals surface area (Å²) in [5.41, 5.74) is 8.93. The van der Waals surface area contributed by atoms with Crippen LogP contribution < -0.4 is 15.4 Å². The second-order valence-electron chi connectivity index (χ2n) is 4.62. The predicted octanol–water partition coefficient (Wildman–Crippen LogP) is 3.43. The molecule has 0 amide bonds. The Bertz CT molecular complexity index is 583. The van der Waals surface area contributed by atoms with Crippen molar-refractivity contribution in [1.29, 1.82) is 0 Å². The van der Waals surface area contributed by atoms with Gasteiger partial charge >= 0.3 is 0 Å². The molecule has 19 heavy (non-hydrogen) atoms. The van der Waals surface area contributed by atoms with Gasteiger partial charge < -0.3 is 15.4 Å². The van der Waals surface area contributed by atoms with Gasteiger partial charge in [-0.3, -0.25) is 0 Å². The van der Waals surface area contributed by atoms with Crippen molar-refractivity contribution in [2.45, 2.75) is 6.54 Å². The number of nitrogen functional groups attached to an aromatic ring is 1. The standard InChI is InChI=1S/C15H15BrN2O/c16-12-3-1-11(2-4-12)10-18-7-8-19-15-9-13(17)5-6-14(15)18/h1-6,9H,7-8,10,17H2. The first-order valence-corrected chi connectivity index (χ1v) is 7.03. The van der Waals surface area contributed by atoms with Gasteiger partial charge in [-0.05, 0) is 29.8 Å². The van der Waals surface area contributed by atoms with E-state index in [1.54, 1.807) is 0 Å². The van der Waals surface area contributed by atoms with Gasteiger partial charge in [0.25, 0.3) is 0 Å². The quantitative estimate of drug-likeness (QED) is 0.862. The number of hydrogen-bond acceptors (Lipinski definition) is 3. The molecule has 0 aliphatic carbocycles. The highest BCUT2D eigenvalue weighted by Gasteiger charge is 2.18. The van der Waals surface area contributed by atoms with Crippen LogP contribution in [-0.2, 0) is 6.54 Å². The van der Waals surface area contributed by atoms with Crippen molar-refractivity contribution >= 4 is 27.3 Å². The number of nitrogens with zero attached hydrogens (tertiary/aromatic N) is 1. The Hall–Kier alpha value is -1.68. The topological polar surface area (TPSA) is 38.5 Å². The van der Waals surface area contributed by atoms with Crippen LogP contribution in [0.3, 0.4) is 0 Å². The first kappa shape index (κ1) is 12.4. The highest BCUT2D eigenvalue weighted by Crippen LogP contribution is 2.34. The van der Waals surface area contributed by atoms with E-state index in [2.05, 4.69) is 45.1 Å². The van der Waals surface area contributed by atoms with Gasteiger partial charge in [-0.25, -0.2) is 0 Å². The van der Waals surface area contributed by atoms with Crippen molar-refractivity contribution < 1.29 is 4.74 Å². The van der Waals surface area contributed by atoms with Crippen LogP contribution in [0.25, 0.3) is 0 Å². The Morgan fingerprint density at radius 2 is 1.95 bits per heavy atom. The van der Waals surface area contributed by atoms with E-state index >= 15 is 0 Å². The molecule has 0 unspecified atom stereocenters. The molecule has 2 N–H and O–H groups in total.